The van der Waals surface area contributed by atoms with E-state index in [2.05, 4.69) is 4.18 Å². The molecular formula is C25H31F3O6S. The maximum atomic E-state index is 17.3. The van der Waals surface area contributed by atoms with Crippen molar-refractivity contribution in [3.05, 3.63) is 23.8 Å². The highest BCUT2D eigenvalue weighted by Crippen LogP contribution is 2.72. The SMILES string of the molecule is CCC(=O)O[C@]1(C(=O)SOCF)[C@H](C)CC2C3C[C@H](F)C4=CC(=O)C=C[C@]4(C)[C@@]3(F)[C@@H](O)C[C@@]21C. The summed E-state index contributed by atoms with van der Waals surface area (Å²) in [5.41, 5.74) is -6.97. The number of halogens is 3. The normalized spacial score (nSPS) is 46.3. The molecule has 0 aromatic heterocycles. The number of rotatable bonds is 5. The van der Waals surface area contributed by atoms with E-state index in [-0.39, 0.29) is 43.3 Å². The first-order chi connectivity index (χ1) is 16.3. The summed E-state index contributed by atoms with van der Waals surface area (Å²) in [4.78, 5) is 38.0. The minimum Gasteiger partial charge on any atom is -0.449 e. The smallest absolute Gasteiger partial charge is 0.306 e. The average Bonchev–Trinajstić information content (AvgIpc) is 3.02. The highest BCUT2D eigenvalue weighted by Gasteiger charge is 2.78. The molecule has 0 aromatic carbocycles. The number of fused-ring (bicyclic) bond motifs is 5. The summed E-state index contributed by atoms with van der Waals surface area (Å²) in [5, 5.41) is 10.7. The maximum absolute atomic E-state index is 17.3. The van der Waals surface area contributed by atoms with Crippen LogP contribution in [0, 0.1) is 28.6 Å². The molecule has 1 N–H and O–H groups in total. The fraction of sp³-hybridized carbons (Fsp3) is 0.720. The topological polar surface area (TPSA) is 89.9 Å². The molecule has 0 heterocycles. The van der Waals surface area contributed by atoms with Crippen molar-refractivity contribution in [3.63, 3.8) is 0 Å². The van der Waals surface area contributed by atoms with E-state index in [0.717, 1.165) is 6.08 Å². The molecule has 10 heteroatoms. The molecule has 35 heavy (non-hydrogen) atoms. The first-order valence-corrected chi connectivity index (χ1v) is 12.7. The van der Waals surface area contributed by atoms with Crippen LogP contribution in [0.25, 0.3) is 0 Å². The Morgan fingerprint density at radius 2 is 1.94 bits per heavy atom. The number of esters is 1. The third-order valence-corrected chi connectivity index (χ3v) is 9.88. The van der Waals surface area contributed by atoms with Crippen LogP contribution in [0.15, 0.2) is 23.8 Å². The van der Waals surface area contributed by atoms with E-state index in [1.165, 1.54) is 19.1 Å². The number of carbonyl (C=O) groups excluding carboxylic acids is 3. The van der Waals surface area contributed by atoms with Crippen LogP contribution in [0.4, 0.5) is 13.2 Å². The summed E-state index contributed by atoms with van der Waals surface area (Å²) in [6.45, 7) is 5.15. The van der Waals surface area contributed by atoms with Crippen LogP contribution in [-0.4, -0.2) is 52.4 Å². The second-order valence-electron chi connectivity index (χ2n) is 10.7. The fourth-order valence-electron chi connectivity index (χ4n) is 7.61. The van der Waals surface area contributed by atoms with Gasteiger partial charge < -0.3 is 9.84 Å². The van der Waals surface area contributed by atoms with Crippen LogP contribution in [0.1, 0.15) is 53.4 Å². The summed E-state index contributed by atoms with van der Waals surface area (Å²) in [7, 11) is 0. The van der Waals surface area contributed by atoms with E-state index in [4.69, 9.17) is 4.74 Å². The van der Waals surface area contributed by atoms with Crippen LogP contribution in [0.2, 0.25) is 0 Å². The summed E-state index contributed by atoms with van der Waals surface area (Å²) in [5.74, 6) is -3.41. The lowest BCUT2D eigenvalue weighted by atomic mass is 9.44. The van der Waals surface area contributed by atoms with Gasteiger partial charge in [-0.2, -0.15) is 0 Å². The molecule has 4 aliphatic rings. The number of ether oxygens (including phenoxy) is 1. The Labute approximate surface area is 206 Å². The van der Waals surface area contributed by atoms with Crippen molar-refractivity contribution < 1.29 is 41.6 Å². The molecule has 9 atom stereocenters. The summed E-state index contributed by atoms with van der Waals surface area (Å²) in [6.07, 6.45) is 0.0171. The largest absolute Gasteiger partial charge is 0.449 e. The Morgan fingerprint density at radius 1 is 1.26 bits per heavy atom. The number of carbonyl (C=O) groups is 3. The monoisotopic (exact) mass is 516 g/mol. The van der Waals surface area contributed by atoms with E-state index in [1.807, 2.05) is 0 Å². The van der Waals surface area contributed by atoms with Gasteiger partial charge in [0, 0.05) is 29.1 Å². The second kappa shape index (κ2) is 8.73. The van der Waals surface area contributed by atoms with Gasteiger partial charge in [-0.25, -0.2) is 13.2 Å². The minimum atomic E-state index is -2.32. The van der Waals surface area contributed by atoms with Crippen LogP contribution in [-0.2, 0) is 23.3 Å². The predicted octanol–water partition coefficient (Wildman–Crippen LogP) is 4.36. The molecule has 194 valence electrons. The lowest BCUT2D eigenvalue weighted by Gasteiger charge is -2.63. The van der Waals surface area contributed by atoms with Crippen LogP contribution < -0.4 is 0 Å². The van der Waals surface area contributed by atoms with Crippen LogP contribution in [0.3, 0.4) is 0 Å². The van der Waals surface area contributed by atoms with Crippen molar-refractivity contribution in [1.82, 2.24) is 0 Å². The maximum Gasteiger partial charge on any atom is 0.306 e. The molecule has 0 saturated heterocycles. The Bertz CT molecular complexity index is 1000. The van der Waals surface area contributed by atoms with Gasteiger partial charge in [0.15, 0.2) is 17.1 Å². The number of allylic oxidation sites excluding steroid dienone is 4. The van der Waals surface area contributed by atoms with Gasteiger partial charge in [-0.15, -0.1) is 0 Å². The first kappa shape index (κ1) is 26.4. The number of ketones is 1. The standard InChI is InChI=1S/C25H31F3O6S/c1-5-20(31)34-25(21(32)35-33-12-26)13(2)8-15-16-10-18(27)17-9-14(29)6-7-22(17,3)24(16,28)19(30)11-23(15,25)4/h6-7,9,13,15-16,18-19,30H,5,8,10-12H2,1-4H3/t13-,15?,16?,18+,19+,22+,23+,24+,25+/m1/s1. The second-order valence-corrected chi connectivity index (χ2v) is 11.4. The van der Waals surface area contributed by atoms with Crippen molar-refractivity contribution in [2.75, 3.05) is 6.86 Å². The molecule has 4 aliphatic carbocycles. The van der Waals surface area contributed by atoms with E-state index in [0.29, 0.717) is 0 Å². The molecule has 0 aromatic rings. The third-order valence-electron chi connectivity index (χ3n) is 9.21. The first-order valence-electron chi connectivity index (χ1n) is 11.9. The van der Waals surface area contributed by atoms with Gasteiger partial charge in [0.05, 0.1) is 18.1 Å². The minimum absolute atomic E-state index is 0.00380. The summed E-state index contributed by atoms with van der Waals surface area (Å²) < 4.78 is 56.0. The Hall–Kier alpha value is -1.65. The van der Waals surface area contributed by atoms with Crippen molar-refractivity contribution in [2.24, 2.45) is 28.6 Å². The highest BCUT2D eigenvalue weighted by molar-refractivity contribution is 8.09. The summed E-state index contributed by atoms with van der Waals surface area (Å²) >= 11 is 0.233. The van der Waals surface area contributed by atoms with Gasteiger partial charge in [0.2, 0.25) is 6.86 Å². The molecule has 0 spiro atoms. The number of aliphatic hydroxyl groups excluding tert-OH is 1. The molecular weight excluding hydrogens is 485 g/mol. The van der Waals surface area contributed by atoms with Crippen molar-refractivity contribution in [3.8, 4) is 0 Å². The third kappa shape index (κ3) is 3.35. The Balaban J connectivity index is 1.85. The zero-order valence-electron chi connectivity index (χ0n) is 20.2. The molecule has 0 amide bonds. The van der Waals surface area contributed by atoms with E-state index < -0.39 is 75.9 Å². The van der Waals surface area contributed by atoms with E-state index in [9.17, 15) is 23.9 Å². The van der Waals surface area contributed by atoms with Crippen molar-refractivity contribution in [1.29, 1.82) is 0 Å². The molecule has 0 radical (unpaired) electrons. The Kier molecular flexibility index (Phi) is 6.59. The number of alkyl halides is 3. The lowest BCUT2D eigenvalue weighted by Crippen LogP contribution is -2.70. The zero-order valence-corrected chi connectivity index (χ0v) is 21.0. The lowest BCUT2D eigenvalue weighted by molar-refractivity contribution is -0.228. The summed E-state index contributed by atoms with van der Waals surface area (Å²) in [6, 6.07) is 0. The molecule has 2 unspecified atom stereocenters. The fourth-order valence-corrected chi connectivity index (χ4v) is 8.36. The Morgan fingerprint density at radius 3 is 2.57 bits per heavy atom. The van der Waals surface area contributed by atoms with Gasteiger partial charge >= 0.3 is 5.97 Å². The zero-order chi connectivity index (χ0) is 26.0. The highest BCUT2D eigenvalue weighted by atomic mass is 32.2. The van der Waals surface area contributed by atoms with Crippen molar-refractivity contribution in [2.45, 2.75) is 76.9 Å². The van der Waals surface area contributed by atoms with Crippen LogP contribution >= 0.6 is 12.0 Å². The van der Waals surface area contributed by atoms with Crippen molar-refractivity contribution >= 4 is 28.9 Å². The number of hydrogen-bond acceptors (Lipinski definition) is 7. The van der Waals surface area contributed by atoms with Gasteiger partial charge in [-0.3, -0.25) is 18.6 Å². The average molecular weight is 517 g/mol. The molecule has 3 saturated carbocycles. The van der Waals surface area contributed by atoms with Gasteiger partial charge in [-0.1, -0.05) is 26.8 Å². The molecule has 4 rings (SSSR count). The molecule has 3 fully saturated rings. The number of aliphatic hydroxyl groups is 1. The molecule has 0 bridgehead atoms. The quantitative estimate of drug-likeness (QED) is 0.429. The van der Waals surface area contributed by atoms with E-state index in [1.54, 1.807) is 20.8 Å². The molecule has 0 aliphatic heterocycles. The van der Waals surface area contributed by atoms with E-state index >= 15 is 8.78 Å². The van der Waals surface area contributed by atoms with Crippen LogP contribution in [0.5, 0.6) is 0 Å². The molecule has 6 nitrogen and oxygen atoms in total. The number of hydrogen-bond donors (Lipinski definition) is 1. The van der Waals surface area contributed by atoms with Gasteiger partial charge in [0.1, 0.15) is 6.17 Å². The predicted molar refractivity (Wildman–Crippen MR) is 122 cm³/mol. The van der Waals surface area contributed by atoms with Gasteiger partial charge in [-0.05, 0) is 49.8 Å². The van der Waals surface area contributed by atoms with Gasteiger partial charge in [0.25, 0.3) is 5.12 Å².